The zero-order chi connectivity index (χ0) is 14.5. The van der Waals surface area contributed by atoms with Crippen LogP contribution in [0.15, 0.2) is 24.3 Å². The molecule has 2 atom stereocenters. The lowest BCUT2D eigenvalue weighted by Gasteiger charge is -2.36. The van der Waals surface area contributed by atoms with Gasteiger partial charge in [0.1, 0.15) is 0 Å². The molecule has 0 spiro atoms. The molecule has 20 heavy (non-hydrogen) atoms. The number of likely N-dealkylation sites (N-methyl/N-ethyl adjacent to an activating group) is 2. The van der Waals surface area contributed by atoms with Crippen molar-refractivity contribution in [2.45, 2.75) is 38.8 Å². The smallest absolute Gasteiger partial charge is 0.0896 e. The van der Waals surface area contributed by atoms with Crippen molar-refractivity contribution in [3.05, 3.63) is 35.4 Å². The Bertz CT molecular complexity index is 402. The minimum absolute atomic E-state index is 0.235. The quantitative estimate of drug-likeness (QED) is 0.895. The molecule has 3 nitrogen and oxygen atoms in total. The summed E-state index contributed by atoms with van der Waals surface area (Å²) in [5.74, 6) is 0.582. The highest BCUT2D eigenvalue weighted by atomic mass is 16.5. The van der Waals surface area contributed by atoms with Gasteiger partial charge in [-0.05, 0) is 30.6 Å². The second-order valence-corrected chi connectivity index (χ2v) is 5.89. The third-order valence-corrected chi connectivity index (χ3v) is 4.27. The summed E-state index contributed by atoms with van der Waals surface area (Å²) < 4.78 is 5.99. The molecule has 0 amide bonds. The van der Waals surface area contributed by atoms with E-state index >= 15 is 0 Å². The van der Waals surface area contributed by atoms with Crippen LogP contribution in [0.25, 0.3) is 0 Å². The van der Waals surface area contributed by atoms with E-state index in [2.05, 4.69) is 55.3 Å². The van der Waals surface area contributed by atoms with Crippen LogP contribution >= 0.6 is 0 Å². The zero-order valence-electron chi connectivity index (χ0n) is 13.2. The maximum atomic E-state index is 5.99. The molecule has 2 rings (SSSR count). The van der Waals surface area contributed by atoms with E-state index in [1.54, 1.807) is 0 Å². The van der Waals surface area contributed by atoms with Crippen LogP contribution in [-0.4, -0.2) is 44.3 Å². The Morgan fingerprint density at radius 1 is 1.25 bits per heavy atom. The average Bonchev–Trinajstić information content (AvgIpc) is 2.49. The van der Waals surface area contributed by atoms with Crippen molar-refractivity contribution in [3.63, 3.8) is 0 Å². The highest BCUT2D eigenvalue weighted by molar-refractivity contribution is 5.27. The molecule has 1 aromatic carbocycles. The molecule has 0 aliphatic carbocycles. The third-order valence-electron chi connectivity index (χ3n) is 4.27. The van der Waals surface area contributed by atoms with Gasteiger partial charge in [0.25, 0.3) is 0 Å². The Balaban J connectivity index is 2.10. The summed E-state index contributed by atoms with van der Waals surface area (Å²) in [6.07, 6.45) is 0.235. The predicted octanol–water partition coefficient (Wildman–Crippen LogP) is 2.79. The first-order valence-electron chi connectivity index (χ1n) is 7.76. The van der Waals surface area contributed by atoms with E-state index in [1.165, 1.54) is 11.1 Å². The van der Waals surface area contributed by atoms with Crippen molar-refractivity contribution < 1.29 is 4.74 Å². The van der Waals surface area contributed by atoms with E-state index in [1.807, 2.05) is 7.05 Å². The summed E-state index contributed by atoms with van der Waals surface area (Å²) in [6, 6.07) is 9.23. The maximum absolute atomic E-state index is 5.99. The van der Waals surface area contributed by atoms with Gasteiger partial charge >= 0.3 is 0 Å². The van der Waals surface area contributed by atoms with E-state index in [4.69, 9.17) is 4.74 Å². The minimum atomic E-state index is 0.235. The number of nitrogens with one attached hydrogen (secondary N) is 1. The highest BCUT2D eigenvalue weighted by Crippen LogP contribution is 2.24. The summed E-state index contributed by atoms with van der Waals surface area (Å²) in [7, 11) is 2.02. The van der Waals surface area contributed by atoms with Gasteiger partial charge < -0.3 is 10.1 Å². The lowest BCUT2D eigenvalue weighted by atomic mass is 9.96. The van der Waals surface area contributed by atoms with Crippen LogP contribution in [0.1, 0.15) is 43.9 Å². The van der Waals surface area contributed by atoms with Crippen LogP contribution in [0.4, 0.5) is 0 Å². The van der Waals surface area contributed by atoms with Gasteiger partial charge in [0.05, 0.1) is 18.8 Å². The molecule has 0 aromatic heterocycles. The molecule has 0 radical (unpaired) electrons. The van der Waals surface area contributed by atoms with Gasteiger partial charge in [0.2, 0.25) is 0 Å². The Kier molecular flexibility index (Phi) is 5.58. The number of hydrogen-bond donors (Lipinski definition) is 1. The molecule has 1 aliphatic rings. The van der Waals surface area contributed by atoms with E-state index in [9.17, 15) is 0 Å². The largest absolute Gasteiger partial charge is 0.374 e. The molecule has 1 heterocycles. The Labute approximate surface area is 123 Å². The van der Waals surface area contributed by atoms with Crippen molar-refractivity contribution in [3.8, 4) is 0 Å². The summed E-state index contributed by atoms with van der Waals surface area (Å²) in [6.45, 7) is 10.7. The molecule has 3 heteroatoms. The summed E-state index contributed by atoms with van der Waals surface area (Å²) in [5, 5.41) is 3.43. The average molecular weight is 276 g/mol. The lowest BCUT2D eigenvalue weighted by molar-refractivity contribution is -0.0444. The molecule has 2 unspecified atom stereocenters. The van der Waals surface area contributed by atoms with E-state index in [0.717, 1.165) is 26.2 Å². The third kappa shape index (κ3) is 3.60. The van der Waals surface area contributed by atoms with Gasteiger partial charge in [-0.25, -0.2) is 0 Å². The molecule has 1 N–H and O–H groups in total. The van der Waals surface area contributed by atoms with Crippen LogP contribution in [0.3, 0.4) is 0 Å². The second-order valence-electron chi connectivity index (χ2n) is 5.89. The van der Waals surface area contributed by atoms with Crippen molar-refractivity contribution in [2.75, 3.05) is 33.3 Å². The van der Waals surface area contributed by atoms with Crippen molar-refractivity contribution >= 4 is 0 Å². The first-order chi connectivity index (χ1) is 9.65. The first-order valence-corrected chi connectivity index (χ1v) is 7.76. The summed E-state index contributed by atoms with van der Waals surface area (Å²) in [5.41, 5.74) is 2.71. The molecular formula is C17H28N2O. The van der Waals surface area contributed by atoms with Gasteiger partial charge in [-0.3, -0.25) is 4.90 Å². The molecular weight excluding hydrogens is 248 g/mol. The number of benzene rings is 1. The van der Waals surface area contributed by atoms with Gasteiger partial charge in [-0.2, -0.15) is 0 Å². The Morgan fingerprint density at radius 2 is 1.90 bits per heavy atom. The van der Waals surface area contributed by atoms with Crippen LogP contribution in [0.5, 0.6) is 0 Å². The van der Waals surface area contributed by atoms with Crippen molar-refractivity contribution in [2.24, 2.45) is 0 Å². The fourth-order valence-corrected chi connectivity index (χ4v) is 2.88. The minimum Gasteiger partial charge on any atom is -0.374 e. The van der Waals surface area contributed by atoms with Crippen LogP contribution < -0.4 is 5.32 Å². The number of ether oxygens (including phenoxy) is 1. The number of morpholine rings is 1. The van der Waals surface area contributed by atoms with E-state index in [0.29, 0.717) is 5.92 Å². The Hall–Kier alpha value is -0.900. The van der Waals surface area contributed by atoms with Crippen LogP contribution in [0.2, 0.25) is 0 Å². The fourth-order valence-electron chi connectivity index (χ4n) is 2.88. The van der Waals surface area contributed by atoms with Gasteiger partial charge in [0, 0.05) is 13.1 Å². The number of rotatable bonds is 5. The molecule has 1 fully saturated rings. The first kappa shape index (κ1) is 15.5. The normalized spacial score (nSPS) is 22.1. The standard InChI is InChI=1S/C17H28N2O/c1-5-19-10-11-20-16(12-19)17(18-4)15-8-6-14(7-9-15)13(2)3/h6-9,13,16-18H,5,10-12H2,1-4H3. The zero-order valence-corrected chi connectivity index (χ0v) is 13.2. The van der Waals surface area contributed by atoms with Crippen molar-refractivity contribution in [1.29, 1.82) is 0 Å². The summed E-state index contributed by atoms with van der Waals surface area (Å²) in [4.78, 5) is 2.46. The van der Waals surface area contributed by atoms with Gasteiger partial charge in [0.15, 0.2) is 0 Å². The monoisotopic (exact) mass is 276 g/mol. The maximum Gasteiger partial charge on any atom is 0.0896 e. The second kappa shape index (κ2) is 7.21. The molecule has 112 valence electrons. The number of hydrogen-bond acceptors (Lipinski definition) is 3. The lowest BCUT2D eigenvalue weighted by Crippen LogP contribution is -2.47. The molecule has 0 bridgehead atoms. The number of nitrogens with zero attached hydrogens (tertiary/aromatic N) is 1. The van der Waals surface area contributed by atoms with Gasteiger partial charge in [-0.1, -0.05) is 45.0 Å². The molecule has 1 aromatic rings. The van der Waals surface area contributed by atoms with Crippen molar-refractivity contribution in [1.82, 2.24) is 10.2 Å². The van der Waals surface area contributed by atoms with Crippen LogP contribution in [0, 0.1) is 0 Å². The molecule has 0 saturated carbocycles. The topological polar surface area (TPSA) is 24.5 Å². The molecule has 1 aliphatic heterocycles. The predicted molar refractivity (Wildman–Crippen MR) is 84.2 cm³/mol. The van der Waals surface area contributed by atoms with Crippen LogP contribution in [-0.2, 0) is 4.74 Å². The molecule has 1 saturated heterocycles. The van der Waals surface area contributed by atoms with E-state index < -0.39 is 0 Å². The highest BCUT2D eigenvalue weighted by Gasteiger charge is 2.27. The van der Waals surface area contributed by atoms with Gasteiger partial charge in [-0.15, -0.1) is 0 Å². The SMILES string of the molecule is CCN1CCOC(C(NC)c2ccc(C(C)C)cc2)C1. The summed E-state index contributed by atoms with van der Waals surface area (Å²) >= 11 is 0. The Morgan fingerprint density at radius 3 is 2.45 bits per heavy atom. The van der Waals surface area contributed by atoms with E-state index in [-0.39, 0.29) is 12.1 Å². The fraction of sp³-hybridized carbons (Fsp3) is 0.647.